The fraction of sp³-hybridized carbons (Fsp3) is 0.273. The Bertz CT molecular complexity index is 425. The summed E-state index contributed by atoms with van der Waals surface area (Å²) in [6, 6.07) is 8.35. The van der Waals surface area contributed by atoms with Crippen LogP contribution >= 0.6 is 0 Å². The molecule has 0 bridgehead atoms. The summed E-state index contributed by atoms with van der Waals surface area (Å²) in [5.74, 6) is -0.995. The van der Waals surface area contributed by atoms with Crippen LogP contribution in [0, 0.1) is 11.3 Å². The van der Waals surface area contributed by atoms with Gasteiger partial charge in [0.2, 0.25) is 0 Å². The van der Waals surface area contributed by atoms with Gasteiger partial charge in [-0.2, -0.15) is 5.26 Å². The zero-order valence-electron chi connectivity index (χ0n) is 8.92. The Labute approximate surface area is 93.7 Å². The van der Waals surface area contributed by atoms with Crippen LogP contribution in [0.1, 0.15) is 6.92 Å². The molecule has 0 saturated carbocycles. The third-order valence-electron chi connectivity index (χ3n) is 2.21. The van der Waals surface area contributed by atoms with Crippen molar-refractivity contribution in [2.24, 2.45) is 0 Å². The Kier molecular flexibility index (Phi) is 3.72. The highest BCUT2D eigenvalue weighted by Crippen LogP contribution is 2.23. The number of para-hydroxylation sites is 2. The van der Waals surface area contributed by atoms with Crippen molar-refractivity contribution in [3.8, 4) is 6.07 Å². The molecule has 0 aliphatic rings. The summed E-state index contributed by atoms with van der Waals surface area (Å²) in [6.07, 6.45) is 0. The number of carboxylic acids is 1. The molecule has 3 N–H and O–H groups in total. The number of nitrogen functional groups attached to an aromatic ring is 1. The molecule has 0 fully saturated rings. The summed E-state index contributed by atoms with van der Waals surface area (Å²) in [5, 5.41) is 17.6. The fourth-order valence-corrected chi connectivity index (χ4v) is 1.40. The van der Waals surface area contributed by atoms with E-state index in [2.05, 4.69) is 0 Å². The van der Waals surface area contributed by atoms with Gasteiger partial charge in [-0.1, -0.05) is 12.1 Å². The minimum atomic E-state index is -0.995. The molecule has 0 heterocycles. The summed E-state index contributed by atoms with van der Waals surface area (Å²) in [4.78, 5) is 12.2. The number of benzene rings is 1. The molecule has 5 nitrogen and oxygen atoms in total. The Hall–Kier alpha value is -2.22. The molecule has 0 spiro atoms. The van der Waals surface area contributed by atoms with Crippen LogP contribution in [0.5, 0.6) is 0 Å². The van der Waals surface area contributed by atoms with Crippen molar-refractivity contribution in [1.82, 2.24) is 0 Å². The standard InChI is InChI=1S/C11H13N3O2/c1-8(6-12)14(7-11(15)16)10-5-3-2-4-9(10)13/h2-5,8H,7,13H2,1H3,(H,15,16). The van der Waals surface area contributed by atoms with E-state index in [1.54, 1.807) is 31.2 Å². The van der Waals surface area contributed by atoms with E-state index in [9.17, 15) is 4.79 Å². The van der Waals surface area contributed by atoms with E-state index in [-0.39, 0.29) is 6.54 Å². The number of nitriles is 1. The zero-order valence-corrected chi connectivity index (χ0v) is 8.92. The van der Waals surface area contributed by atoms with E-state index in [1.807, 2.05) is 6.07 Å². The average Bonchev–Trinajstić information content (AvgIpc) is 2.26. The number of nitrogens with two attached hydrogens (primary N) is 1. The molecule has 1 aromatic carbocycles. The lowest BCUT2D eigenvalue weighted by atomic mass is 10.2. The predicted octanol–water partition coefficient (Wildman–Crippen LogP) is 1.07. The maximum Gasteiger partial charge on any atom is 0.323 e. The topological polar surface area (TPSA) is 90.3 Å². The van der Waals surface area contributed by atoms with Crippen LogP contribution in [0.15, 0.2) is 24.3 Å². The largest absolute Gasteiger partial charge is 0.480 e. The first kappa shape index (κ1) is 11.9. The van der Waals surface area contributed by atoms with Crippen LogP contribution < -0.4 is 10.6 Å². The van der Waals surface area contributed by atoms with Crippen molar-refractivity contribution in [3.63, 3.8) is 0 Å². The second-order valence-corrected chi connectivity index (χ2v) is 3.39. The van der Waals surface area contributed by atoms with Crippen LogP contribution in [0.25, 0.3) is 0 Å². The second-order valence-electron chi connectivity index (χ2n) is 3.39. The molecule has 1 aromatic rings. The van der Waals surface area contributed by atoms with Gasteiger partial charge in [0, 0.05) is 0 Å². The van der Waals surface area contributed by atoms with Crippen molar-refractivity contribution < 1.29 is 9.90 Å². The Morgan fingerprint density at radius 1 is 1.62 bits per heavy atom. The number of hydrogen-bond donors (Lipinski definition) is 2. The Morgan fingerprint density at radius 2 is 2.25 bits per heavy atom. The number of anilines is 2. The second kappa shape index (κ2) is 5.03. The van der Waals surface area contributed by atoms with E-state index in [0.717, 1.165) is 0 Å². The molecule has 1 rings (SSSR count). The van der Waals surface area contributed by atoms with Gasteiger partial charge in [0.1, 0.15) is 12.6 Å². The number of carboxylic acid groups (broad SMARTS) is 1. The molecule has 16 heavy (non-hydrogen) atoms. The fourth-order valence-electron chi connectivity index (χ4n) is 1.40. The lowest BCUT2D eigenvalue weighted by Gasteiger charge is -2.26. The van der Waals surface area contributed by atoms with Gasteiger partial charge in [-0.25, -0.2) is 0 Å². The van der Waals surface area contributed by atoms with Crippen molar-refractivity contribution in [1.29, 1.82) is 5.26 Å². The van der Waals surface area contributed by atoms with Crippen LogP contribution in [-0.2, 0) is 4.79 Å². The van der Waals surface area contributed by atoms with E-state index in [1.165, 1.54) is 4.90 Å². The highest BCUT2D eigenvalue weighted by Gasteiger charge is 2.18. The number of carbonyl (C=O) groups is 1. The van der Waals surface area contributed by atoms with Gasteiger partial charge in [-0.05, 0) is 19.1 Å². The Balaban J connectivity index is 3.07. The Morgan fingerprint density at radius 3 is 2.75 bits per heavy atom. The number of nitrogens with zero attached hydrogens (tertiary/aromatic N) is 2. The summed E-state index contributed by atoms with van der Waals surface area (Å²) in [6.45, 7) is 1.39. The molecular weight excluding hydrogens is 206 g/mol. The predicted molar refractivity (Wildman–Crippen MR) is 60.9 cm³/mol. The number of hydrogen-bond acceptors (Lipinski definition) is 4. The van der Waals surface area contributed by atoms with Gasteiger partial charge in [0.05, 0.1) is 17.4 Å². The van der Waals surface area contributed by atoms with Gasteiger partial charge >= 0.3 is 5.97 Å². The lowest BCUT2D eigenvalue weighted by molar-refractivity contribution is -0.135. The summed E-state index contributed by atoms with van der Waals surface area (Å²) < 4.78 is 0. The maximum absolute atomic E-state index is 10.7. The van der Waals surface area contributed by atoms with Crippen molar-refractivity contribution in [2.75, 3.05) is 17.2 Å². The molecule has 1 unspecified atom stereocenters. The molecule has 0 radical (unpaired) electrons. The van der Waals surface area contributed by atoms with Gasteiger partial charge in [-0.3, -0.25) is 4.79 Å². The van der Waals surface area contributed by atoms with Gasteiger partial charge in [-0.15, -0.1) is 0 Å². The van der Waals surface area contributed by atoms with E-state index >= 15 is 0 Å². The first-order valence-corrected chi connectivity index (χ1v) is 4.78. The molecule has 84 valence electrons. The van der Waals surface area contributed by atoms with Crippen LogP contribution in [0.2, 0.25) is 0 Å². The molecular formula is C11H13N3O2. The van der Waals surface area contributed by atoms with Gasteiger partial charge < -0.3 is 15.7 Å². The first-order valence-electron chi connectivity index (χ1n) is 4.78. The van der Waals surface area contributed by atoms with Gasteiger partial charge in [0.25, 0.3) is 0 Å². The lowest BCUT2D eigenvalue weighted by Crippen LogP contribution is -2.37. The van der Waals surface area contributed by atoms with E-state index < -0.39 is 12.0 Å². The molecule has 0 amide bonds. The third-order valence-corrected chi connectivity index (χ3v) is 2.21. The van der Waals surface area contributed by atoms with E-state index in [0.29, 0.717) is 11.4 Å². The van der Waals surface area contributed by atoms with E-state index in [4.69, 9.17) is 16.1 Å². The highest BCUT2D eigenvalue weighted by atomic mass is 16.4. The molecule has 0 aliphatic heterocycles. The maximum atomic E-state index is 10.7. The molecule has 1 atom stereocenters. The highest BCUT2D eigenvalue weighted by molar-refractivity contribution is 5.78. The smallest absolute Gasteiger partial charge is 0.323 e. The SMILES string of the molecule is CC(C#N)N(CC(=O)O)c1ccccc1N. The summed E-state index contributed by atoms with van der Waals surface area (Å²) in [5.41, 5.74) is 6.78. The minimum Gasteiger partial charge on any atom is -0.480 e. The minimum absolute atomic E-state index is 0.247. The van der Waals surface area contributed by atoms with Crippen molar-refractivity contribution >= 4 is 17.3 Å². The normalized spacial score (nSPS) is 11.5. The van der Waals surface area contributed by atoms with Crippen molar-refractivity contribution in [3.05, 3.63) is 24.3 Å². The average molecular weight is 219 g/mol. The first-order chi connectivity index (χ1) is 7.56. The van der Waals surface area contributed by atoms with Crippen molar-refractivity contribution in [2.45, 2.75) is 13.0 Å². The van der Waals surface area contributed by atoms with Crippen LogP contribution in [0.3, 0.4) is 0 Å². The number of aliphatic carboxylic acids is 1. The van der Waals surface area contributed by atoms with Gasteiger partial charge in [0.15, 0.2) is 0 Å². The number of rotatable bonds is 4. The quantitative estimate of drug-likeness (QED) is 0.739. The molecule has 0 aromatic heterocycles. The molecule has 0 saturated heterocycles. The monoisotopic (exact) mass is 219 g/mol. The van der Waals surface area contributed by atoms with Crippen LogP contribution in [0.4, 0.5) is 11.4 Å². The zero-order chi connectivity index (χ0) is 12.1. The summed E-state index contributed by atoms with van der Waals surface area (Å²) in [7, 11) is 0. The third kappa shape index (κ3) is 2.64. The molecule has 0 aliphatic carbocycles. The molecule has 5 heteroatoms. The van der Waals surface area contributed by atoms with Crippen LogP contribution in [-0.4, -0.2) is 23.7 Å². The summed E-state index contributed by atoms with van der Waals surface area (Å²) >= 11 is 0.